The Morgan fingerprint density at radius 3 is 0.959 bits per heavy atom. The number of rotatable bonds is 63. The zero-order valence-corrected chi connectivity index (χ0v) is 50.1. The standard InChI is InChI=1S/C68H131NO5/c1-3-5-7-9-11-13-15-17-18-35-38-42-46-50-54-58-62-68(73)74-63-59-55-51-47-43-39-36-33-31-29-27-25-23-21-19-20-22-24-26-28-30-32-34-37-41-45-49-53-57-61-67(72)69-65(64-70)66(71)60-56-52-48-44-40-16-14-12-10-8-6-4-2/h18,35,56,60,65-66,70-71H,3-17,19-34,36-55,57-59,61-64H2,1-2H3,(H,69,72)/b35-18-,60-56+. The minimum Gasteiger partial charge on any atom is -0.466 e. The molecule has 0 heterocycles. The lowest BCUT2D eigenvalue weighted by Gasteiger charge is -2.20. The molecule has 0 saturated carbocycles. The number of unbranched alkanes of at least 4 members (excludes halogenated alkanes) is 50. The molecular weight excluding hydrogens is 911 g/mol. The van der Waals surface area contributed by atoms with Gasteiger partial charge in [-0.1, -0.05) is 327 Å². The van der Waals surface area contributed by atoms with Crippen molar-refractivity contribution in [1.29, 1.82) is 0 Å². The number of aliphatic hydroxyl groups excluding tert-OH is 2. The molecule has 438 valence electrons. The number of aliphatic hydroxyl groups is 2. The van der Waals surface area contributed by atoms with Crippen LogP contribution >= 0.6 is 0 Å². The van der Waals surface area contributed by atoms with Gasteiger partial charge in [-0.2, -0.15) is 0 Å². The number of carbonyl (C=O) groups is 2. The molecule has 0 saturated heterocycles. The van der Waals surface area contributed by atoms with Gasteiger partial charge in [0, 0.05) is 12.8 Å². The predicted octanol–water partition coefficient (Wildman–Crippen LogP) is 21.4. The van der Waals surface area contributed by atoms with Crippen LogP contribution in [-0.4, -0.2) is 47.4 Å². The molecule has 3 N–H and O–H groups in total. The molecule has 0 fully saturated rings. The molecule has 0 radical (unpaired) electrons. The average molecular weight is 1040 g/mol. The van der Waals surface area contributed by atoms with Gasteiger partial charge in [0.05, 0.1) is 25.4 Å². The number of ether oxygens (including phenoxy) is 1. The molecule has 0 aromatic heterocycles. The second-order valence-electron chi connectivity index (χ2n) is 23.2. The van der Waals surface area contributed by atoms with E-state index in [2.05, 4.69) is 31.3 Å². The van der Waals surface area contributed by atoms with Crippen LogP contribution in [0.2, 0.25) is 0 Å². The quantitative estimate of drug-likeness (QED) is 0.0320. The molecular formula is C68H131NO5. The fraction of sp³-hybridized carbons (Fsp3) is 0.912. The minimum absolute atomic E-state index is 0.0122. The molecule has 0 aliphatic rings. The van der Waals surface area contributed by atoms with Gasteiger partial charge in [0.1, 0.15) is 0 Å². The van der Waals surface area contributed by atoms with Gasteiger partial charge in [-0.05, 0) is 57.8 Å². The predicted molar refractivity (Wildman–Crippen MR) is 324 cm³/mol. The summed E-state index contributed by atoms with van der Waals surface area (Å²) in [5.41, 5.74) is 0. The van der Waals surface area contributed by atoms with E-state index in [1.54, 1.807) is 6.08 Å². The second-order valence-corrected chi connectivity index (χ2v) is 23.2. The Balaban J connectivity index is 3.33. The summed E-state index contributed by atoms with van der Waals surface area (Å²) in [5, 5.41) is 23.1. The Kier molecular flexibility index (Phi) is 62.4. The van der Waals surface area contributed by atoms with Crippen LogP contribution in [0, 0.1) is 0 Å². The van der Waals surface area contributed by atoms with E-state index < -0.39 is 12.1 Å². The van der Waals surface area contributed by atoms with Gasteiger partial charge in [0.25, 0.3) is 0 Å². The van der Waals surface area contributed by atoms with Crippen LogP contribution in [0.4, 0.5) is 0 Å². The molecule has 0 spiro atoms. The third-order valence-electron chi connectivity index (χ3n) is 15.7. The van der Waals surface area contributed by atoms with E-state index in [-0.39, 0.29) is 18.5 Å². The van der Waals surface area contributed by atoms with Crippen molar-refractivity contribution in [3.8, 4) is 0 Å². The molecule has 0 bridgehead atoms. The molecule has 0 aromatic carbocycles. The topological polar surface area (TPSA) is 95.9 Å². The lowest BCUT2D eigenvalue weighted by molar-refractivity contribution is -0.143. The molecule has 0 aliphatic carbocycles. The molecule has 0 aliphatic heterocycles. The first kappa shape index (κ1) is 72.3. The average Bonchev–Trinajstić information content (AvgIpc) is 3.40. The first-order chi connectivity index (χ1) is 36.5. The lowest BCUT2D eigenvalue weighted by atomic mass is 10.0. The summed E-state index contributed by atoms with van der Waals surface area (Å²) in [7, 11) is 0. The Labute approximate surface area is 462 Å². The van der Waals surface area contributed by atoms with E-state index in [1.165, 1.54) is 302 Å². The summed E-state index contributed by atoms with van der Waals surface area (Å²) in [6.07, 6.45) is 79.7. The SMILES string of the molecule is CCCCCCCCC/C=C\CCCCCCCC(=O)OCCCCCCCCCCCCCCCCCCCCCCCCCCCCCCCC(=O)NC(CO)C(O)/C=C/CCCCCCCCCCCC. The van der Waals surface area contributed by atoms with Crippen molar-refractivity contribution in [2.45, 2.75) is 386 Å². The zero-order valence-electron chi connectivity index (χ0n) is 50.1. The minimum atomic E-state index is -0.840. The van der Waals surface area contributed by atoms with Crippen LogP contribution < -0.4 is 5.32 Å². The third-order valence-corrected chi connectivity index (χ3v) is 15.7. The van der Waals surface area contributed by atoms with Gasteiger partial charge in [-0.15, -0.1) is 0 Å². The molecule has 74 heavy (non-hydrogen) atoms. The van der Waals surface area contributed by atoms with Crippen molar-refractivity contribution in [1.82, 2.24) is 5.32 Å². The summed E-state index contributed by atoms with van der Waals surface area (Å²) in [6.45, 7) is 4.92. The van der Waals surface area contributed by atoms with Crippen LogP contribution in [0.15, 0.2) is 24.3 Å². The van der Waals surface area contributed by atoms with E-state index in [4.69, 9.17) is 4.74 Å². The van der Waals surface area contributed by atoms with Crippen molar-refractivity contribution in [2.24, 2.45) is 0 Å². The molecule has 2 atom stereocenters. The fourth-order valence-corrected chi connectivity index (χ4v) is 10.6. The molecule has 0 aromatic rings. The summed E-state index contributed by atoms with van der Waals surface area (Å²) in [5.74, 6) is -0.0515. The van der Waals surface area contributed by atoms with E-state index in [0.29, 0.717) is 19.4 Å². The maximum atomic E-state index is 12.4. The van der Waals surface area contributed by atoms with Crippen molar-refractivity contribution in [3.63, 3.8) is 0 Å². The summed E-state index contributed by atoms with van der Waals surface area (Å²) in [4.78, 5) is 24.5. The van der Waals surface area contributed by atoms with E-state index >= 15 is 0 Å². The van der Waals surface area contributed by atoms with Crippen LogP contribution in [0.3, 0.4) is 0 Å². The van der Waals surface area contributed by atoms with Gasteiger partial charge < -0.3 is 20.3 Å². The maximum absolute atomic E-state index is 12.4. The lowest BCUT2D eigenvalue weighted by Crippen LogP contribution is -2.45. The van der Waals surface area contributed by atoms with Crippen molar-refractivity contribution < 1.29 is 24.5 Å². The van der Waals surface area contributed by atoms with Gasteiger partial charge in [-0.3, -0.25) is 9.59 Å². The smallest absolute Gasteiger partial charge is 0.305 e. The number of hydrogen-bond donors (Lipinski definition) is 3. The Bertz CT molecular complexity index is 1150. The van der Waals surface area contributed by atoms with Gasteiger partial charge in [0.2, 0.25) is 5.91 Å². The van der Waals surface area contributed by atoms with Gasteiger partial charge in [-0.25, -0.2) is 0 Å². The van der Waals surface area contributed by atoms with Crippen LogP contribution in [0.25, 0.3) is 0 Å². The first-order valence-corrected chi connectivity index (χ1v) is 33.6. The first-order valence-electron chi connectivity index (χ1n) is 33.6. The van der Waals surface area contributed by atoms with E-state index in [0.717, 1.165) is 44.9 Å². The van der Waals surface area contributed by atoms with Crippen LogP contribution in [-0.2, 0) is 14.3 Å². The van der Waals surface area contributed by atoms with E-state index in [9.17, 15) is 19.8 Å². The summed E-state index contributed by atoms with van der Waals surface area (Å²) < 4.78 is 5.49. The third kappa shape index (κ3) is 59.6. The molecule has 0 rings (SSSR count). The normalized spacial score (nSPS) is 12.6. The van der Waals surface area contributed by atoms with Crippen LogP contribution in [0.1, 0.15) is 373 Å². The zero-order chi connectivity index (χ0) is 53.6. The van der Waals surface area contributed by atoms with Gasteiger partial charge in [0.15, 0.2) is 0 Å². The van der Waals surface area contributed by atoms with Crippen molar-refractivity contribution in [3.05, 3.63) is 24.3 Å². The highest BCUT2D eigenvalue weighted by atomic mass is 16.5. The number of allylic oxidation sites excluding steroid dienone is 3. The second kappa shape index (κ2) is 63.9. The van der Waals surface area contributed by atoms with Crippen molar-refractivity contribution >= 4 is 11.9 Å². The van der Waals surface area contributed by atoms with Crippen molar-refractivity contribution in [2.75, 3.05) is 13.2 Å². The number of amides is 1. The highest BCUT2D eigenvalue weighted by molar-refractivity contribution is 5.76. The fourth-order valence-electron chi connectivity index (χ4n) is 10.6. The molecule has 2 unspecified atom stereocenters. The number of carbonyl (C=O) groups excluding carboxylic acids is 2. The maximum Gasteiger partial charge on any atom is 0.305 e. The highest BCUT2D eigenvalue weighted by Crippen LogP contribution is 2.18. The molecule has 6 heteroatoms. The summed E-state index contributed by atoms with van der Waals surface area (Å²) >= 11 is 0. The molecule has 6 nitrogen and oxygen atoms in total. The highest BCUT2D eigenvalue weighted by Gasteiger charge is 2.18. The Morgan fingerprint density at radius 1 is 0.365 bits per heavy atom. The number of hydrogen-bond acceptors (Lipinski definition) is 5. The summed E-state index contributed by atoms with van der Waals surface area (Å²) in [6, 6.07) is -0.624. The van der Waals surface area contributed by atoms with Crippen LogP contribution in [0.5, 0.6) is 0 Å². The monoisotopic (exact) mass is 1040 g/mol. The number of nitrogens with one attached hydrogen (secondary N) is 1. The molecule has 1 amide bonds. The van der Waals surface area contributed by atoms with Gasteiger partial charge >= 0.3 is 5.97 Å². The Hall–Kier alpha value is -1.66. The van der Waals surface area contributed by atoms with E-state index in [1.807, 2.05) is 6.08 Å². The Morgan fingerprint density at radius 2 is 0.635 bits per heavy atom. The number of esters is 1. The largest absolute Gasteiger partial charge is 0.466 e.